The van der Waals surface area contributed by atoms with Gasteiger partial charge in [-0.3, -0.25) is 4.79 Å². The lowest BCUT2D eigenvalue weighted by atomic mass is 10.1. The average molecular weight is 445 g/mol. The molecule has 3 rings (SSSR count). The molecule has 1 heterocycles. The summed E-state index contributed by atoms with van der Waals surface area (Å²) in [5.74, 6) is -3.94. The number of carbonyl (C=O) groups excluding carboxylic acids is 1. The Balaban J connectivity index is 0.000000534. The van der Waals surface area contributed by atoms with Crippen LogP contribution >= 0.6 is 0 Å². The number of amides is 1. The number of nitrogens with zero attached hydrogens (tertiary/aromatic N) is 1. The molecule has 0 aromatic heterocycles. The Hall–Kier alpha value is -3.46. The van der Waals surface area contributed by atoms with Gasteiger partial charge in [-0.15, -0.1) is 0 Å². The molecule has 9 heteroatoms. The molecule has 1 aliphatic rings. The molecule has 1 amide bonds. The van der Waals surface area contributed by atoms with Crippen LogP contribution in [0, 0.1) is 5.82 Å². The second kappa shape index (κ2) is 13.1. The van der Waals surface area contributed by atoms with E-state index < -0.39 is 11.9 Å². The Kier molecular flexibility index (Phi) is 10.1. The second-order valence-electron chi connectivity index (χ2n) is 7.31. The van der Waals surface area contributed by atoms with E-state index in [4.69, 9.17) is 19.8 Å². The molecule has 0 unspecified atom stereocenters. The molecule has 1 fully saturated rings. The first-order valence-corrected chi connectivity index (χ1v) is 10.4. The Morgan fingerprint density at radius 3 is 2.03 bits per heavy atom. The Morgan fingerprint density at radius 1 is 0.875 bits per heavy atom. The topological polar surface area (TPSA) is 119 Å². The summed E-state index contributed by atoms with van der Waals surface area (Å²) >= 11 is 0. The number of hydrogen-bond acceptors (Lipinski definition) is 5. The quantitative estimate of drug-likeness (QED) is 0.382. The van der Waals surface area contributed by atoms with Crippen molar-refractivity contribution in [2.75, 3.05) is 36.4 Å². The zero-order valence-corrected chi connectivity index (χ0v) is 17.7. The summed E-state index contributed by atoms with van der Waals surface area (Å²) in [5, 5.41) is 20.8. The molecule has 1 saturated heterocycles. The van der Waals surface area contributed by atoms with Gasteiger partial charge in [-0.2, -0.15) is 0 Å². The van der Waals surface area contributed by atoms with Crippen LogP contribution < -0.4 is 15.5 Å². The van der Waals surface area contributed by atoms with E-state index in [2.05, 4.69) is 27.7 Å². The Bertz CT molecular complexity index is 870. The number of hydrogen-bond donors (Lipinski definition) is 4. The van der Waals surface area contributed by atoms with Gasteiger partial charge < -0.3 is 25.7 Å². The number of carboxylic acids is 2. The molecule has 2 aromatic carbocycles. The van der Waals surface area contributed by atoms with Crippen molar-refractivity contribution in [1.29, 1.82) is 0 Å². The van der Waals surface area contributed by atoms with Gasteiger partial charge in [0.25, 0.3) is 0 Å². The first kappa shape index (κ1) is 24.8. The summed E-state index contributed by atoms with van der Waals surface area (Å²) in [6.07, 6.45) is 4.58. The highest BCUT2D eigenvalue weighted by atomic mass is 19.1. The van der Waals surface area contributed by atoms with E-state index in [-0.39, 0.29) is 18.3 Å². The summed E-state index contributed by atoms with van der Waals surface area (Å²) in [5.41, 5.74) is 3.09. The number of carboxylic acid groups (broad SMARTS) is 2. The first-order valence-electron chi connectivity index (χ1n) is 10.4. The second-order valence-corrected chi connectivity index (χ2v) is 7.31. The zero-order valence-electron chi connectivity index (χ0n) is 17.7. The van der Waals surface area contributed by atoms with Crippen LogP contribution in [0.4, 0.5) is 15.8 Å². The van der Waals surface area contributed by atoms with Gasteiger partial charge >= 0.3 is 11.9 Å². The van der Waals surface area contributed by atoms with E-state index in [0.29, 0.717) is 6.54 Å². The number of aliphatic carboxylic acids is 2. The summed E-state index contributed by atoms with van der Waals surface area (Å²) in [4.78, 5) is 32.6. The van der Waals surface area contributed by atoms with Crippen molar-refractivity contribution in [3.8, 4) is 0 Å². The largest absolute Gasteiger partial charge is 0.473 e. The van der Waals surface area contributed by atoms with Crippen molar-refractivity contribution in [3.63, 3.8) is 0 Å². The number of carbonyl (C=O) groups is 3. The SMILES string of the molecule is O=C(CNCCc1ccc(F)cc1)Nc1ccc(N2CCCCC2)cc1.O=C(O)C(=O)O. The van der Waals surface area contributed by atoms with Gasteiger partial charge in [0.2, 0.25) is 5.91 Å². The molecule has 0 spiro atoms. The smallest absolute Gasteiger partial charge is 0.414 e. The fourth-order valence-electron chi connectivity index (χ4n) is 3.20. The molecule has 0 radical (unpaired) electrons. The van der Waals surface area contributed by atoms with Crippen LogP contribution in [0.5, 0.6) is 0 Å². The monoisotopic (exact) mass is 445 g/mol. The van der Waals surface area contributed by atoms with Crippen molar-refractivity contribution in [2.45, 2.75) is 25.7 Å². The molecule has 0 aliphatic carbocycles. The van der Waals surface area contributed by atoms with Crippen LogP contribution in [0.25, 0.3) is 0 Å². The van der Waals surface area contributed by atoms with Gasteiger partial charge in [-0.1, -0.05) is 12.1 Å². The van der Waals surface area contributed by atoms with Crippen LogP contribution in [-0.4, -0.2) is 54.2 Å². The van der Waals surface area contributed by atoms with E-state index >= 15 is 0 Å². The molecule has 0 bridgehead atoms. The summed E-state index contributed by atoms with van der Waals surface area (Å²) in [7, 11) is 0. The standard InChI is InChI=1S/C21H26FN3O.C2H2O4/c22-18-6-4-17(5-7-18)12-13-23-16-21(26)24-19-8-10-20(11-9-19)25-14-2-1-3-15-25;3-1(4)2(5)6/h4-11,23H,1-3,12-16H2,(H,24,26);(H,3,4)(H,5,6). The number of rotatable bonds is 7. The van der Waals surface area contributed by atoms with E-state index in [1.54, 1.807) is 12.1 Å². The number of halogens is 1. The molecular formula is C23H28FN3O5. The number of benzene rings is 2. The van der Waals surface area contributed by atoms with E-state index in [1.807, 2.05) is 12.1 Å². The number of piperidine rings is 1. The lowest BCUT2D eigenvalue weighted by molar-refractivity contribution is -0.159. The lowest BCUT2D eigenvalue weighted by Crippen LogP contribution is -2.30. The van der Waals surface area contributed by atoms with Gasteiger partial charge in [-0.25, -0.2) is 14.0 Å². The molecule has 1 aliphatic heterocycles. The minimum atomic E-state index is -1.82. The minimum absolute atomic E-state index is 0.0603. The Labute approximate surface area is 186 Å². The fraction of sp³-hybridized carbons (Fsp3) is 0.348. The van der Waals surface area contributed by atoms with E-state index in [1.165, 1.54) is 37.1 Å². The normalized spacial score (nSPS) is 13.0. The van der Waals surface area contributed by atoms with Crippen molar-refractivity contribution in [2.24, 2.45) is 0 Å². The molecule has 8 nitrogen and oxygen atoms in total. The van der Waals surface area contributed by atoms with Crippen LogP contribution in [0.2, 0.25) is 0 Å². The third kappa shape index (κ3) is 9.13. The minimum Gasteiger partial charge on any atom is -0.473 e. The number of anilines is 2. The van der Waals surface area contributed by atoms with Crippen LogP contribution in [0.3, 0.4) is 0 Å². The zero-order chi connectivity index (χ0) is 23.3. The molecule has 4 N–H and O–H groups in total. The summed E-state index contributed by atoms with van der Waals surface area (Å²) in [6.45, 7) is 3.16. The van der Waals surface area contributed by atoms with Gasteiger partial charge in [0.15, 0.2) is 0 Å². The molecule has 172 valence electrons. The average Bonchev–Trinajstić information content (AvgIpc) is 2.79. The first-order chi connectivity index (χ1) is 15.3. The summed E-state index contributed by atoms with van der Waals surface area (Å²) in [6, 6.07) is 14.5. The molecular weight excluding hydrogens is 417 g/mol. The molecule has 0 atom stereocenters. The third-order valence-corrected chi connectivity index (χ3v) is 4.84. The maximum Gasteiger partial charge on any atom is 0.414 e. The van der Waals surface area contributed by atoms with Gasteiger partial charge in [-0.05, 0) is 74.2 Å². The van der Waals surface area contributed by atoms with E-state index in [0.717, 1.165) is 30.8 Å². The van der Waals surface area contributed by atoms with Crippen molar-refractivity contribution in [3.05, 3.63) is 59.9 Å². The van der Waals surface area contributed by atoms with Gasteiger partial charge in [0.05, 0.1) is 6.54 Å². The lowest BCUT2D eigenvalue weighted by Gasteiger charge is -2.28. The highest BCUT2D eigenvalue weighted by molar-refractivity contribution is 6.27. The maximum absolute atomic E-state index is 12.8. The van der Waals surface area contributed by atoms with E-state index in [9.17, 15) is 9.18 Å². The van der Waals surface area contributed by atoms with Crippen LogP contribution in [0.1, 0.15) is 24.8 Å². The molecule has 2 aromatic rings. The molecule has 0 saturated carbocycles. The predicted molar refractivity (Wildman–Crippen MR) is 119 cm³/mol. The van der Waals surface area contributed by atoms with Crippen molar-refractivity contribution in [1.82, 2.24) is 5.32 Å². The van der Waals surface area contributed by atoms with Crippen molar-refractivity contribution >= 4 is 29.2 Å². The van der Waals surface area contributed by atoms with Crippen LogP contribution in [0.15, 0.2) is 48.5 Å². The highest BCUT2D eigenvalue weighted by Gasteiger charge is 2.11. The summed E-state index contributed by atoms with van der Waals surface area (Å²) < 4.78 is 12.8. The van der Waals surface area contributed by atoms with Crippen molar-refractivity contribution < 1.29 is 29.0 Å². The van der Waals surface area contributed by atoms with Gasteiger partial charge in [0.1, 0.15) is 5.82 Å². The Morgan fingerprint density at radius 2 is 1.47 bits per heavy atom. The fourth-order valence-corrected chi connectivity index (χ4v) is 3.20. The van der Waals surface area contributed by atoms with Gasteiger partial charge in [0, 0.05) is 24.5 Å². The predicted octanol–water partition coefficient (Wildman–Crippen LogP) is 2.74. The molecule has 32 heavy (non-hydrogen) atoms. The third-order valence-electron chi connectivity index (χ3n) is 4.84. The highest BCUT2D eigenvalue weighted by Crippen LogP contribution is 2.21. The maximum atomic E-state index is 12.8. The van der Waals surface area contributed by atoms with Crippen LogP contribution in [-0.2, 0) is 20.8 Å². The number of nitrogens with one attached hydrogen (secondary N) is 2.